The molecule has 9 heteroatoms. The fraction of sp³-hybridized carbons (Fsp3) is 0.480. The lowest BCUT2D eigenvalue weighted by Crippen LogP contribution is -2.41. The number of nitroso groups, excluding NO2 is 1. The quantitative estimate of drug-likeness (QED) is 0.192. The molecular weight excluding hydrogens is 493 g/mol. The number of piperidine rings is 1. The summed E-state index contributed by atoms with van der Waals surface area (Å²) in [6.45, 7) is 7.34. The molecule has 6 nitrogen and oxygen atoms in total. The maximum Gasteiger partial charge on any atom is 0.310 e. The summed E-state index contributed by atoms with van der Waals surface area (Å²) in [5, 5.41) is 4.27. The Kier molecular flexibility index (Phi) is 10.1. The molecule has 0 saturated carbocycles. The second-order valence-corrected chi connectivity index (χ2v) is 11.5. The number of benzene rings is 2. The first-order valence-electron chi connectivity index (χ1n) is 11.4. The Labute approximate surface area is 215 Å². The van der Waals surface area contributed by atoms with E-state index in [1.807, 2.05) is 38.1 Å². The molecule has 1 heterocycles. The number of esters is 1. The first-order valence-corrected chi connectivity index (χ1v) is 13.0. The Morgan fingerprint density at radius 1 is 1.15 bits per heavy atom. The van der Waals surface area contributed by atoms with Crippen molar-refractivity contribution in [3.8, 4) is 0 Å². The van der Waals surface area contributed by atoms with E-state index < -0.39 is 0 Å². The molecule has 2 aromatic rings. The average Bonchev–Trinajstić information content (AvgIpc) is 2.78. The highest BCUT2D eigenvalue weighted by Gasteiger charge is 2.27. The molecular formula is C25H31Cl2N3O3S. The molecule has 0 bridgehead atoms. The maximum atomic E-state index is 12.5. The van der Waals surface area contributed by atoms with Gasteiger partial charge in [0.15, 0.2) is 0 Å². The molecule has 0 radical (unpaired) electrons. The molecule has 1 saturated heterocycles. The van der Waals surface area contributed by atoms with Gasteiger partial charge in [0.05, 0.1) is 28.8 Å². The van der Waals surface area contributed by atoms with Crippen LogP contribution in [0.3, 0.4) is 0 Å². The molecule has 1 fully saturated rings. The van der Waals surface area contributed by atoms with Crippen LogP contribution in [0, 0.1) is 10.8 Å². The highest BCUT2D eigenvalue weighted by molar-refractivity contribution is 7.99. The zero-order valence-corrected chi connectivity index (χ0v) is 21.9. The molecule has 1 N–H and O–H groups in total. The Balaban J connectivity index is 1.44. The molecule has 0 spiro atoms. The first-order chi connectivity index (χ1) is 16.3. The number of carbonyl (C=O) groups excluding carboxylic acids is 1. The molecule has 1 aliphatic rings. The van der Waals surface area contributed by atoms with Crippen LogP contribution in [0.15, 0.2) is 47.0 Å². The molecule has 34 heavy (non-hydrogen) atoms. The van der Waals surface area contributed by atoms with Crippen molar-refractivity contribution in [1.29, 1.82) is 0 Å². The number of halogens is 2. The van der Waals surface area contributed by atoms with Crippen LogP contribution in [0.1, 0.15) is 38.7 Å². The van der Waals surface area contributed by atoms with E-state index in [0.717, 1.165) is 62.1 Å². The number of nitrogens with one attached hydrogen (secondary N) is 1. The summed E-state index contributed by atoms with van der Waals surface area (Å²) in [5.74, 6) is 0.289. The van der Waals surface area contributed by atoms with Crippen LogP contribution in [-0.4, -0.2) is 41.9 Å². The van der Waals surface area contributed by atoms with Crippen LogP contribution in [-0.2, 0) is 16.0 Å². The number of para-hydroxylation sites is 2. The van der Waals surface area contributed by atoms with Crippen LogP contribution in [0.4, 0.5) is 11.4 Å². The van der Waals surface area contributed by atoms with Crippen LogP contribution in [0.25, 0.3) is 0 Å². The summed E-state index contributed by atoms with van der Waals surface area (Å²) in [6, 6.07) is 12.9. The van der Waals surface area contributed by atoms with Gasteiger partial charge in [-0.15, -0.1) is 4.91 Å². The van der Waals surface area contributed by atoms with Crippen molar-refractivity contribution in [2.75, 3.05) is 31.6 Å². The van der Waals surface area contributed by atoms with Gasteiger partial charge >= 0.3 is 5.97 Å². The van der Waals surface area contributed by atoms with Crippen molar-refractivity contribution < 1.29 is 9.53 Å². The van der Waals surface area contributed by atoms with Crippen LogP contribution in [0.5, 0.6) is 0 Å². The summed E-state index contributed by atoms with van der Waals surface area (Å²) in [7, 11) is 0. The summed E-state index contributed by atoms with van der Waals surface area (Å²) >= 11 is 13.7. The number of carbonyl (C=O) groups is 1. The molecule has 0 atom stereocenters. The highest BCUT2D eigenvalue weighted by atomic mass is 35.5. The third-order valence-corrected chi connectivity index (χ3v) is 7.29. The Bertz CT molecular complexity index is 961. The van der Waals surface area contributed by atoms with Crippen molar-refractivity contribution in [2.45, 2.75) is 44.3 Å². The number of likely N-dealkylation sites (tertiary alicyclic amines) is 1. The maximum absolute atomic E-state index is 12.5. The van der Waals surface area contributed by atoms with Gasteiger partial charge in [-0.1, -0.05) is 47.5 Å². The van der Waals surface area contributed by atoms with Gasteiger partial charge in [0.25, 0.3) is 0 Å². The van der Waals surface area contributed by atoms with Crippen molar-refractivity contribution in [2.24, 2.45) is 10.5 Å². The van der Waals surface area contributed by atoms with E-state index in [0.29, 0.717) is 28.3 Å². The van der Waals surface area contributed by atoms with E-state index in [-0.39, 0.29) is 17.1 Å². The fourth-order valence-corrected chi connectivity index (χ4v) is 5.13. The molecule has 2 aromatic carbocycles. The fourth-order valence-electron chi connectivity index (χ4n) is 4.20. The third-order valence-electron chi connectivity index (χ3n) is 5.96. The van der Waals surface area contributed by atoms with Crippen LogP contribution >= 0.6 is 35.1 Å². The zero-order chi connectivity index (χ0) is 24.6. The third kappa shape index (κ3) is 8.15. The molecule has 3 rings (SSSR count). The van der Waals surface area contributed by atoms with E-state index >= 15 is 0 Å². The second-order valence-electron chi connectivity index (χ2n) is 9.21. The minimum Gasteiger partial charge on any atom is -0.465 e. The molecule has 0 aliphatic carbocycles. The van der Waals surface area contributed by atoms with Crippen molar-refractivity contribution in [3.63, 3.8) is 0 Å². The highest BCUT2D eigenvalue weighted by Crippen LogP contribution is 2.34. The van der Waals surface area contributed by atoms with E-state index in [1.54, 1.807) is 18.2 Å². The smallest absolute Gasteiger partial charge is 0.310 e. The van der Waals surface area contributed by atoms with Gasteiger partial charge in [0, 0.05) is 33.5 Å². The number of anilines is 2. The van der Waals surface area contributed by atoms with Gasteiger partial charge in [0.1, 0.15) is 0 Å². The lowest BCUT2D eigenvalue weighted by Gasteiger charge is -2.35. The van der Waals surface area contributed by atoms with Gasteiger partial charge in [-0.05, 0) is 75.9 Å². The predicted octanol–water partition coefficient (Wildman–Crippen LogP) is 7.12. The zero-order valence-electron chi connectivity index (χ0n) is 19.6. The van der Waals surface area contributed by atoms with Crippen LogP contribution in [0.2, 0.25) is 10.0 Å². The number of ether oxygens (including phenoxy) is 1. The van der Waals surface area contributed by atoms with E-state index in [2.05, 4.69) is 14.8 Å². The largest absolute Gasteiger partial charge is 0.465 e. The monoisotopic (exact) mass is 523 g/mol. The minimum absolute atomic E-state index is 0.168. The van der Waals surface area contributed by atoms with Gasteiger partial charge in [-0.25, -0.2) is 0 Å². The Morgan fingerprint density at radius 2 is 1.82 bits per heavy atom. The normalized spacial score (nSPS) is 15.2. The number of nitrogens with zero attached hydrogens (tertiary/aromatic N) is 2. The lowest BCUT2D eigenvalue weighted by molar-refractivity contribution is -0.143. The number of hydrogen-bond donors (Lipinski definition) is 1. The molecule has 0 amide bonds. The Morgan fingerprint density at radius 3 is 2.50 bits per heavy atom. The van der Waals surface area contributed by atoms with E-state index in [9.17, 15) is 9.70 Å². The second kappa shape index (κ2) is 12.8. The Hall–Kier alpha value is -1.80. The van der Waals surface area contributed by atoms with Gasteiger partial charge < -0.3 is 15.0 Å². The average molecular weight is 525 g/mol. The summed E-state index contributed by atoms with van der Waals surface area (Å²) in [4.78, 5) is 25.5. The van der Waals surface area contributed by atoms with Crippen molar-refractivity contribution >= 4 is 52.5 Å². The van der Waals surface area contributed by atoms with Crippen molar-refractivity contribution in [3.05, 3.63) is 63.0 Å². The predicted molar refractivity (Wildman–Crippen MR) is 142 cm³/mol. The SMILES string of the molecule is CC(C)(CN1CCC(CCOC(=O)Cc2ccccc2Nc2c(Cl)cccc2Cl)CC1)SN=O. The van der Waals surface area contributed by atoms with Crippen LogP contribution < -0.4 is 5.32 Å². The molecule has 0 aromatic heterocycles. The number of rotatable bonds is 11. The van der Waals surface area contributed by atoms with E-state index in [1.165, 1.54) is 0 Å². The topological polar surface area (TPSA) is 71.0 Å². The summed E-state index contributed by atoms with van der Waals surface area (Å²) in [5.41, 5.74) is 2.21. The minimum atomic E-state index is -0.253. The van der Waals surface area contributed by atoms with Gasteiger partial charge in [0.2, 0.25) is 0 Å². The molecule has 0 unspecified atom stereocenters. The first kappa shape index (κ1) is 26.8. The van der Waals surface area contributed by atoms with Crippen molar-refractivity contribution in [1.82, 2.24) is 4.90 Å². The molecule has 184 valence electrons. The lowest BCUT2D eigenvalue weighted by atomic mass is 9.93. The summed E-state index contributed by atoms with van der Waals surface area (Å²) in [6.07, 6.45) is 3.17. The summed E-state index contributed by atoms with van der Waals surface area (Å²) < 4.78 is 8.37. The van der Waals surface area contributed by atoms with Gasteiger partial charge in [-0.3, -0.25) is 4.79 Å². The molecule has 1 aliphatic heterocycles. The van der Waals surface area contributed by atoms with Gasteiger partial charge in [-0.2, -0.15) is 0 Å². The van der Waals surface area contributed by atoms with E-state index in [4.69, 9.17) is 27.9 Å². The standard InChI is InChI=1S/C25H31Cl2N3O3S/c1-25(2,34-29-32)17-30-13-10-18(11-14-30)12-15-33-23(31)16-19-6-3-4-9-22(19)28-24-20(26)7-5-8-21(24)27/h3-9,18,28H,10-17H2,1-2H3. The number of hydrogen-bond acceptors (Lipinski definition) is 7.